The number of benzene rings is 1. The zero-order valence-corrected chi connectivity index (χ0v) is 10.4. The molecule has 0 atom stereocenters. The van der Waals surface area contributed by atoms with E-state index in [9.17, 15) is 4.79 Å². The van der Waals surface area contributed by atoms with Crippen LogP contribution in [0.3, 0.4) is 0 Å². The summed E-state index contributed by atoms with van der Waals surface area (Å²) < 4.78 is 1.99. The van der Waals surface area contributed by atoms with Gasteiger partial charge in [0.2, 0.25) is 0 Å². The molecule has 0 saturated heterocycles. The van der Waals surface area contributed by atoms with Gasteiger partial charge in [0.15, 0.2) is 5.43 Å². The normalized spacial score (nSPS) is 10.3. The van der Waals surface area contributed by atoms with Crippen LogP contribution in [0.2, 0.25) is 0 Å². The molecule has 2 aromatic rings. The van der Waals surface area contributed by atoms with Gasteiger partial charge in [-0.3, -0.25) is 4.79 Å². The van der Waals surface area contributed by atoms with E-state index >= 15 is 0 Å². The Morgan fingerprint density at radius 1 is 0.938 bits per heavy atom. The predicted molar refractivity (Wildman–Crippen MR) is 68.9 cm³/mol. The zero-order chi connectivity index (χ0) is 11.4. The quantitative estimate of drug-likeness (QED) is 0.791. The van der Waals surface area contributed by atoms with Gasteiger partial charge in [-0.25, -0.2) is 0 Å². The van der Waals surface area contributed by atoms with Crippen molar-refractivity contribution in [3.8, 4) is 0 Å². The van der Waals surface area contributed by atoms with Crippen LogP contribution in [-0.2, 0) is 11.9 Å². The lowest BCUT2D eigenvalue weighted by Crippen LogP contribution is -2.04. The van der Waals surface area contributed by atoms with Crippen molar-refractivity contribution in [2.24, 2.45) is 0 Å². The van der Waals surface area contributed by atoms with Gasteiger partial charge in [-0.1, -0.05) is 40.2 Å². The summed E-state index contributed by atoms with van der Waals surface area (Å²) in [6.07, 6.45) is 3.61. The second-order valence-corrected chi connectivity index (χ2v) is 4.22. The van der Waals surface area contributed by atoms with E-state index in [1.165, 1.54) is 11.1 Å². The molecule has 0 saturated carbocycles. The maximum Gasteiger partial charge on any atom is 0.181 e. The molecule has 1 heterocycles. The van der Waals surface area contributed by atoms with E-state index in [1.54, 1.807) is 24.5 Å². The van der Waals surface area contributed by atoms with Crippen LogP contribution in [0.5, 0.6) is 0 Å². The predicted octanol–water partition coefficient (Wildman–Crippen LogP) is 2.79. The number of pyridine rings is 1. The molecule has 1 aromatic carbocycles. The summed E-state index contributed by atoms with van der Waals surface area (Å²) in [5.74, 6) is 0. The van der Waals surface area contributed by atoms with Crippen molar-refractivity contribution in [1.82, 2.24) is 4.57 Å². The Hall–Kier alpha value is -1.35. The third-order valence-electron chi connectivity index (χ3n) is 2.40. The fraction of sp³-hybridized carbons (Fsp3) is 0.154. The molecule has 0 spiro atoms. The molecule has 2 rings (SSSR count). The van der Waals surface area contributed by atoms with Gasteiger partial charge < -0.3 is 4.57 Å². The highest BCUT2D eigenvalue weighted by atomic mass is 79.9. The topological polar surface area (TPSA) is 22.0 Å². The molecule has 0 amide bonds. The van der Waals surface area contributed by atoms with E-state index in [1.807, 2.05) is 4.57 Å². The van der Waals surface area contributed by atoms with Gasteiger partial charge in [0.05, 0.1) is 0 Å². The smallest absolute Gasteiger partial charge is 0.181 e. The van der Waals surface area contributed by atoms with Gasteiger partial charge in [-0.2, -0.15) is 0 Å². The molecule has 0 N–H and O–H groups in total. The molecule has 0 aliphatic rings. The van der Waals surface area contributed by atoms with Crippen molar-refractivity contribution in [1.29, 1.82) is 0 Å². The molecule has 82 valence electrons. The minimum absolute atomic E-state index is 0.0471. The molecule has 1 aromatic heterocycles. The van der Waals surface area contributed by atoms with E-state index in [2.05, 4.69) is 40.2 Å². The first-order valence-electron chi connectivity index (χ1n) is 5.08. The van der Waals surface area contributed by atoms with Crippen LogP contribution in [0, 0.1) is 0 Å². The Morgan fingerprint density at radius 2 is 1.50 bits per heavy atom. The van der Waals surface area contributed by atoms with Gasteiger partial charge in [0, 0.05) is 36.4 Å². The van der Waals surface area contributed by atoms with Gasteiger partial charge >= 0.3 is 0 Å². The summed E-state index contributed by atoms with van der Waals surface area (Å²) >= 11 is 3.42. The third-order valence-corrected chi connectivity index (χ3v) is 3.05. The first-order chi connectivity index (χ1) is 7.78. The number of halogens is 1. The van der Waals surface area contributed by atoms with Crippen molar-refractivity contribution >= 4 is 15.9 Å². The molecule has 0 fully saturated rings. The molecular formula is C13H12BrNO. The summed E-state index contributed by atoms with van der Waals surface area (Å²) in [6, 6.07) is 11.6. The minimum Gasteiger partial charge on any atom is -0.350 e. The first kappa shape index (κ1) is 11.1. The maximum absolute atomic E-state index is 10.9. The average Bonchev–Trinajstić information content (AvgIpc) is 2.33. The highest BCUT2D eigenvalue weighted by molar-refractivity contribution is 9.08. The Labute approximate surface area is 103 Å². The number of alkyl halides is 1. The molecule has 0 radical (unpaired) electrons. The highest BCUT2D eigenvalue weighted by Gasteiger charge is 1.94. The van der Waals surface area contributed by atoms with Crippen molar-refractivity contribution < 1.29 is 0 Å². The van der Waals surface area contributed by atoms with Crippen LogP contribution >= 0.6 is 15.9 Å². The summed E-state index contributed by atoms with van der Waals surface area (Å²) in [7, 11) is 0. The Bertz CT molecular complexity index is 496. The third kappa shape index (κ3) is 2.83. The van der Waals surface area contributed by atoms with Crippen LogP contribution in [0.25, 0.3) is 0 Å². The average molecular weight is 278 g/mol. The molecule has 2 nitrogen and oxygen atoms in total. The fourth-order valence-electron chi connectivity index (χ4n) is 1.49. The molecule has 0 unspecified atom stereocenters. The monoisotopic (exact) mass is 277 g/mol. The van der Waals surface area contributed by atoms with E-state index in [0.29, 0.717) is 0 Å². The molecule has 0 bridgehead atoms. The van der Waals surface area contributed by atoms with Crippen LogP contribution in [0.1, 0.15) is 11.1 Å². The van der Waals surface area contributed by atoms with E-state index in [4.69, 9.17) is 0 Å². The van der Waals surface area contributed by atoms with Gasteiger partial charge in [-0.15, -0.1) is 0 Å². The van der Waals surface area contributed by atoms with Crippen molar-refractivity contribution in [2.75, 3.05) is 0 Å². The number of hydrogen-bond donors (Lipinski definition) is 0. The first-order valence-corrected chi connectivity index (χ1v) is 6.20. The minimum atomic E-state index is 0.0471. The summed E-state index contributed by atoms with van der Waals surface area (Å²) in [5, 5.41) is 0.880. The van der Waals surface area contributed by atoms with Gasteiger partial charge in [0.25, 0.3) is 0 Å². The lowest BCUT2D eigenvalue weighted by atomic mass is 10.1. The van der Waals surface area contributed by atoms with Crippen LogP contribution < -0.4 is 5.43 Å². The summed E-state index contributed by atoms with van der Waals surface area (Å²) in [6.45, 7) is 0.794. The molecule has 0 aliphatic heterocycles. The molecule has 16 heavy (non-hydrogen) atoms. The number of aromatic nitrogens is 1. The number of hydrogen-bond acceptors (Lipinski definition) is 1. The Kier molecular flexibility index (Phi) is 3.57. The molecule has 0 aliphatic carbocycles. The zero-order valence-electron chi connectivity index (χ0n) is 8.77. The maximum atomic E-state index is 10.9. The summed E-state index contributed by atoms with van der Waals surface area (Å²) in [5.41, 5.74) is 2.54. The Morgan fingerprint density at radius 3 is 2.06 bits per heavy atom. The van der Waals surface area contributed by atoms with Crippen LogP contribution in [-0.4, -0.2) is 4.57 Å². The summed E-state index contributed by atoms with van der Waals surface area (Å²) in [4.78, 5) is 10.9. The van der Waals surface area contributed by atoms with E-state index in [0.717, 1.165) is 11.9 Å². The highest BCUT2D eigenvalue weighted by Crippen LogP contribution is 2.08. The van der Waals surface area contributed by atoms with Crippen molar-refractivity contribution in [2.45, 2.75) is 11.9 Å². The van der Waals surface area contributed by atoms with Crippen LogP contribution in [0.4, 0.5) is 0 Å². The second kappa shape index (κ2) is 5.12. The molecule has 3 heteroatoms. The van der Waals surface area contributed by atoms with Gasteiger partial charge in [0.1, 0.15) is 0 Å². The van der Waals surface area contributed by atoms with E-state index in [-0.39, 0.29) is 5.43 Å². The number of nitrogens with zero attached hydrogens (tertiary/aromatic N) is 1. The van der Waals surface area contributed by atoms with Crippen LogP contribution in [0.15, 0.2) is 53.6 Å². The van der Waals surface area contributed by atoms with Crippen molar-refractivity contribution in [3.05, 3.63) is 70.1 Å². The lowest BCUT2D eigenvalue weighted by molar-refractivity contribution is 0.788. The standard InChI is InChI=1S/C13H12BrNO/c14-9-11-1-3-12(4-2-11)10-15-7-5-13(16)6-8-15/h1-8H,9-10H2. The Balaban J connectivity index is 2.14. The molecular weight excluding hydrogens is 266 g/mol. The largest absolute Gasteiger partial charge is 0.350 e. The second-order valence-electron chi connectivity index (χ2n) is 3.66. The van der Waals surface area contributed by atoms with E-state index < -0.39 is 0 Å². The fourth-order valence-corrected chi connectivity index (χ4v) is 1.87. The SMILES string of the molecule is O=c1ccn(Cc2ccc(CBr)cc2)cc1. The number of rotatable bonds is 3. The lowest BCUT2D eigenvalue weighted by Gasteiger charge is -2.06. The van der Waals surface area contributed by atoms with Crippen molar-refractivity contribution in [3.63, 3.8) is 0 Å². The van der Waals surface area contributed by atoms with Gasteiger partial charge in [-0.05, 0) is 11.1 Å².